The van der Waals surface area contributed by atoms with Gasteiger partial charge >= 0.3 is 0 Å². The van der Waals surface area contributed by atoms with Crippen LogP contribution in [0.25, 0.3) is 0 Å². The Morgan fingerprint density at radius 1 is 1.38 bits per heavy atom. The van der Waals surface area contributed by atoms with Crippen LogP contribution in [-0.4, -0.2) is 43.8 Å². The van der Waals surface area contributed by atoms with Crippen molar-refractivity contribution < 1.29 is 13.3 Å². The summed E-state index contributed by atoms with van der Waals surface area (Å²) in [5.74, 6) is 0.324. The maximum Gasteiger partial charge on any atom is 0.269 e. The number of nitro groups is 1. The summed E-state index contributed by atoms with van der Waals surface area (Å²) in [5, 5.41) is 13.9. The van der Waals surface area contributed by atoms with Crippen molar-refractivity contribution >= 4 is 15.7 Å². The van der Waals surface area contributed by atoms with Gasteiger partial charge in [-0.1, -0.05) is 6.92 Å². The summed E-state index contributed by atoms with van der Waals surface area (Å²) in [6.07, 6.45) is 0. The summed E-state index contributed by atoms with van der Waals surface area (Å²) >= 11 is 0. The highest BCUT2D eigenvalue weighted by molar-refractivity contribution is 7.89. The van der Waals surface area contributed by atoms with Crippen molar-refractivity contribution in [1.82, 2.24) is 9.62 Å². The third-order valence-electron chi connectivity index (χ3n) is 4.55. The van der Waals surface area contributed by atoms with Crippen LogP contribution in [0.4, 0.5) is 5.69 Å². The first kappa shape index (κ1) is 14.4. The van der Waals surface area contributed by atoms with Gasteiger partial charge in [0.15, 0.2) is 0 Å². The van der Waals surface area contributed by atoms with E-state index in [2.05, 4.69) is 12.2 Å². The minimum absolute atomic E-state index is 0.0200. The first-order chi connectivity index (χ1) is 9.83. The van der Waals surface area contributed by atoms with Crippen LogP contribution >= 0.6 is 0 Å². The molecule has 0 aromatic heterocycles. The molecule has 0 amide bonds. The molecule has 2 aliphatic heterocycles. The van der Waals surface area contributed by atoms with E-state index in [-0.39, 0.29) is 16.0 Å². The number of rotatable bonds is 3. The predicted molar refractivity (Wildman–Crippen MR) is 76.3 cm³/mol. The van der Waals surface area contributed by atoms with Gasteiger partial charge in [0.05, 0.1) is 9.82 Å². The fraction of sp³-hybridized carbons (Fsp3) is 0.538. The van der Waals surface area contributed by atoms with Crippen LogP contribution in [0.5, 0.6) is 0 Å². The van der Waals surface area contributed by atoms with Gasteiger partial charge in [0.1, 0.15) is 0 Å². The maximum atomic E-state index is 12.6. The highest BCUT2D eigenvalue weighted by Gasteiger charge is 2.49. The third-order valence-corrected chi connectivity index (χ3v) is 6.38. The Bertz CT molecular complexity index is 673. The number of sulfonamides is 1. The van der Waals surface area contributed by atoms with Crippen molar-refractivity contribution in [2.45, 2.75) is 11.8 Å². The topological polar surface area (TPSA) is 92.6 Å². The molecule has 21 heavy (non-hydrogen) atoms. The number of fused-ring (bicyclic) bond motifs is 1. The van der Waals surface area contributed by atoms with E-state index in [1.54, 1.807) is 0 Å². The van der Waals surface area contributed by atoms with E-state index in [4.69, 9.17) is 0 Å². The van der Waals surface area contributed by atoms with Gasteiger partial charge in [0.25, 0.3) is 5.69 Å². The molecule has 3 rings (SSSR count). The maximum absolute atomic E-state index is 12.6. The van der Waals surface area contributed by atoms with Gasteiger partial charge in [-0.3, -0.25) is 10.1 Å². The molecule has 1 aromatic rings. The van der Waals surface area contributed by atoms with Gasteiger partial charge in [-0.2, -0.15) is 4.31 Å². The molecule has 2 saturated heterocycles. The quantitative estimate of drug-likeness (QED) is 0.659. The molecule has 0 saturated carbocycles. The summed E-state index contributed by atoms with van der Waals surface area (Å²) in [5.41, 5.74) is -0.128. The lowest BCUT2D eigenvalue weighted by atomic mass is 9.83. The number of nitrogens with zero attached hydrogens (tertiary/aromatic N) is 2. The Labute approximate surface area is 123 Å². The molecule has 1 aromatic carbocycles. The highest BCUT2D eigenvalue weighted by atomic mass is 32.2. The molecule has 2 atom stereocenters. The molecule has 0 bridgehead atoms. The molecule has 7 nitrogen and oxygen atoms in total. The number of benzene rings is 1. The van der Waals surface area contributed by atoms with E-state index >= 15 is 0 Å². The van der Waals surface area contributed by atoms with Gasteiger partial charge in [0.2, 0.25) is 10.0 Å². The highest BCUT2D eigenvalue weighted by Crippen LogP contribution is 2.40. The number of hydrogen-bond donors (Lipinski definition) is 1. The fourth-order valence-corrected chi connectivity index (χ4v) is 4.80. The zero-order chi connectivity index (χ0) is 15.3. The molecule has 2 fully saturated rings. The lowest BCUT2D eigenvalue weighted by Gasteiger charge is -2.22. The Morgan fingerprint density at radius 3 is 2.62 bits per heavy atom. The second-order valence-electron chi connectivity index (χ2n) is 6.03. The molecule has 0 radical (unpaired) electrons. The van der Waals surface area contributed by atoms with Gasteiger partial charge < -0.3 is 5.32 Å². The summed E-state index contributed by atoms with van der Waals surface area (Å²) in [6, 6.07) is 5.07. The molecule has 2 aliphatic rings. The summed E-state index contributed by atoms with van der Waals surface area (Å²) in [7, 11) is -3.58. The SMILES string of the molecule is CC12CNCC1CN(S(=O)(=O)c1ccc([N+](=O)[O-])cc1)C2. The van der Waals surface area contributed by atoms with Crippen molar-refractivity contribution in [3.05, 3.63) is 34.4 Å². The molecule has 2 unspecified atom stereocenters. The Kier molecular flexibility index (Phi) is 3.27. The fourth-order valence-electron chi connectivity index (χ4n) is 3.18. The normalized spacial score (nSPS) is 29.5. The first-order valence-corrected chi connectivity index (χ1v) is 8.22. The van der Waals surface area contributed by atoms with Gasteiger partial charge in [0, 0.05) is 31.8 Å². The molecule has 114 valence electrons. The first-order valence-electron chi connectivity index (χ1n) is 6.78. The lowest BCUT2D eigenvalue weighted by molar-refractivity contribution is -0.384. The largest absolute Gasteiger partial charge is 0.316 e. The van der Waals surface area contributed by atoms with Gasteiger partial charge in [-0.05, 0) is 30.0 Å². The number of nitro benzene ring substituents is 1. The van der Waals surface area contributed by atoms with Crippen LogP contribution in [0.1, 0.15) is 6.92 Å². The second-order valence-corrected chi connectivity index (χ2v) is 7.97. The number of non-ortho nitro benzene ring substituents is 1. The van der Waals surface area contributed by atoms with Crippen LogP contribution in [-0.2, 0) is 10.0 Å². The second kappa shape index (κ2) is 4.75. The van der Waals surface area contributed by atoms with Crippen molar-refractivity contribution in [2.24, 2.45) is 11.3 Å². The summed E-state index contributed by atoms with van der Waals surface area (Å²) < 4.78 is 26.7. The van der Waals surface area contributed by atoms with Crippen LogP contribution in [0.2, 0.25) is 0 Å². The molecule has 2 heterocycles. The zero-order valence-electron chi connectivity index (χ0n) is 11.7. The van der Waals surface area contributed by atoms with E-state index in [9.17, 15) is 18.5 Å². The number of hydrogen-bond acceptors (Lipinski definition) is 5. The average Bonchev–Trinajstić information content (AvgIpc) is 2.94. The summed E-state index contributed by atoms with van der Waals surface area (Å²) in [6.45, 7) is 4.75. The Balaban J connectivity index is 1.86. The molecule has 8 heteroatoms. The van der Waals surface area contributed by atoms with E-state index in [0.29, 0.717) is 19.0 Å². The van der Waals surface area contributed by atoms with Crippen LogP contribution in [0.3, 0.4) is 0 Å². The molecule has 0 aliphatic carbocycles. The molecular formula is C13H17N3O4S. The van der Waals surface area contributed by atoms with E-state index in [0.717, 1.165) is 13.1 Å². The standard InChI is InChI=1S/C13H17N3O4S/c1-13-8-14-6-10(13)7-15(9-13)21(19,20)12-4-2-11(3-5-12)16(17)18/h2-5,10,14H,6-9H2,1H3. The van der Waals surface area contributed by atoms with E-state index in [1.165, 1.54) is 28.6 Å². The predicted octanol–water partition coefficient (Wildman–Crippen LogP) is 0.825. The van der Waals surface area contributed by atoms with Crippen molar-refractivity contribution in [2.75, 3.05) is 26.2 Å². The number of nitrogens with one attached hydrogen (secondary N) is 1. The van der Waals surface area contributed by atoms with Crippen LogP contribution in [0.15, 0.2) is 29.2 Å². The molecule has 1 N–H and O–H groups in total. The van der Waals surface area contributed by atoms with Gasteiger partial charge in [-0.25, -0.2) is 8.42 Å². The Hall–Kier alpha value is -1.51. The van der Waals surface area contributed by atoms with Crippen molar-refractivity contribution in [1.29, 1.82) is 0 Å². The molecule has 0 spiro atoms. The lowest BCUT2D eigenvalue weighted by Crippen LogP contribution is -2.34. The summed E-state index contributed by atoms with van der Waals surface area (Å²) in [4.78, 5) is 10.2. The zero-order valence-corrected chi connectivity index (χ0v) is 12.5. The van der Waals surface area contributed by atoms with E-state index < -0.39 is 14.9 Å². The van der Waals surface area contributed by atoms with Gasteiger partial charge in [-0.15, -0.1) is 0 Å². The van der Waals surface area contributed by atoms with Crippen LogP contribution < -0.4 is 5.32 Å². The minimum atomic E-state index is -3.58. The third kappa shape index (κ3) is 2.33. The van der Waals surface area contributed by atoms with Crippen molar-refractivity contribution in [3.8, 4) is 0 Å². The average molecular weight is 311 g/mol. The monoisotopic (exact) mass is 311 g/mol. The molecular weight excluding hydrogens is 294 g/mol. The van der Waals surface area contributed by atoms with Crippen molar-refractivity contribution in [3.63, 3.8) is 0 Å². The van der Waals surface area contributed by atoms with Crippen LogP contribution in [0, 0.1) is 21.4 Å². The smallest absolute Gasteiger partial charge is 0.269 e. The minimum Gasteiger partial charge on any atom is -0.316 e. The van der Waals surface area contributed by atoms with E-state index in [1.807, 2.05) is 0 Å². The Morgan fingerprint density at radius 2 is 2.05 bits per heavy atom.